The van der Waals surface area contributed by atoms with Crippen molar-refractivity contribution in [1.82, 2.24) is 4.90 Å². The molecule has 2 N–H and O–H groups in total. The summed E-state index contributed by atoms with van der Waals surface area (Å²) in [6.45, 7) is 1.40. The summed E-state index contributed by atoms with van der Waals surface area (Å²) in [7, 11) is 1.99. The number of halogens is 2. The first-order valence-electron chi connectivity index (χ1n) is 6.46. The maximum absolute atomic E-state index is 13.6. The number of rotatable bonds is 5. The normalized spacial score (nSPS) is 10.9. The summed E-state index contributed by atoms with van der Waals surface area (Å²) in [6.07, 6.45) is 0. The highest BCUT2D eigenvalue weighted by Gasteiger charge is 2.07. The maximum atomic E-state index is 13.6. The lowest BCUT2D eigenvalue weighted by Crippen LogP contribution is -2.18. The molecule has 0 aliphatic carbocycles. The summed E-state index contributed by atoms with van der Waals surface area (Å²) in [5.41, 5.74) is 8.18. The smallest absolute Gasteiger partial charge is 0.124 e. The number of nitrogens with two attached hydrogens (primary N) is 1. The van der Waals surface area contributed by atoms with Gasteiger partial charge in [0.1, 0.15) is 10.8 Å². The third-order valence-electron chi connectivity index (χ3n) is 3.04. The van der Waals surface area contributed by atoms with E-state index in [1.807, 2.05) is 25.2 Å². The van der Waals surface area contributed by atoms with Gasteiger partial charge >= 0.3 is 0 Å². The third-order valence-corrected chi connectivity index (χ3v) is 3.77. The number of hydrogen-bond acceptors (Lipinski definition) is 2. The van der Waals surface area contributed by atoms with Gasteiger partial charge < -0.3 is 5.73 Å². The zero-order valence-electron chi connectivity index (χ0n) is 11.6. The molecule has 110 valence electrons. The second-order valence-electron chi connectivity index (χ2n) is 5.01. The van der Waals surface area contributed by atoms with Crippen molar-refractivity contribution >= 4 is 33.1 Å². The highest BCUT2D eigenvalue weighted by molar-refractivity contribution is 9.10. The van der Waals surface area contributed by atoms with Gasteiger partial charge in [0.2, 0.25) is 0 Å². The van der Waals surface area contributed by atoms with Crippen molar-refractivity contribution in [3.8, 4) is 0 Å². The summed E-state index contributed by atoms with van der Waals surface area (Å²) in [5.74, 6) is -0.314. The van der Waals surface area contributed by atoms with Gasteiger partial charge in [0.05, 0.1) is 0 Å². The van der Waals surface area contributed by atoms with E-state index in [2.05, 4.69) is 33.0 Å². The SMILES string of the molecule is CN(Cc1cccc(Br)c1)Cc1cc(F)cc(C(N)=S)c1. The molecule has 0 radical (unpaired) electrons. The molecule has 5 heteroatoms. The predicted octanol–water partition coefficient (Wildman–Crippen LogP) is 3.85. The highest BCUT2D eigenvalue weighted by atomic mass is 79.9. The van der Waals surface area contributed by atoms with Crippen LogP contribution in [0.4, 0.5) is 4.39 Å². The van der Waals surface area contributed by atoms with Gasteiger partial charge in [0, 0.05) is 23.1 Å². The van der Waals surface area contributed by atoms with Crippen LogP contribution in [-0.2, 0) is 13.1 Å². The predicted molar refractivity (Wildman–Crippen MR) is 91.6 cm³/mol. The molecule has 21 heavy (non-hydrogen) atoms. The molecule has 0 saturated heterocycles. The van der Waals surface area contributed by atoms with Crippen LogP contribution in [0, 0.1) is 5.82 Å². The molecule has 2 rings (SSSR count). The van der Waals surface area contributed by atoms with Gasteiger partial charge in [-0.05, 0) is 48.5 Å². The van der Waals surface area contributed by atoms with Crippen molar-refractivity contribution in [2.75, 3.05) is 7.05 Å². The van der Waals surface area contributed by atoms with E-state index in [0.717, 1.165) is 16.6 Å². The standard InChI is InChI=1S/C16H16BrFN2S/c1-20(9-11-3-2-4-14(17)6-11)10-12-5-13(16(19)21)8-15(18)7-12/h2-8H,9-10H2,1H3,(H2,19,21). The Morgan fingerprint density at radius 1 is 1.19 bits per heavy atom. The Balaban J connectivity index is 2.09. The highest BCUT2D eigenvalue weighted by Crippen LogP contribution is 2.15. The van der Waals surface area contributed by atoms with Gasteiger partial charge in [0.25, 0.3) is 0 Å². The fourth-order valence-electron chi connectivity index (χ4n) is 2.20. The lowest BCUT2D eigenvalue weighted by Gasteiger charge is -2.17. The van der Waals surface area contributed by atoms with Crippen LogP contribution in [0.1, 0.15) is 16.7 Å². The van der Waals surface area contributed by atoms with E-state index in [-0.39, 0.29) is 10.8 Å². The molecule has 0 spiro atoms. The van der Waals surface area contributed by atoms with E-state index in [1.54, 1.807) is 0 Å². The molecule has 0 aliphatic heterocycles. The van der Waals surface area contributed by atoms with Crippen molar-refractivity contribution in [3.05, 3.63) is 69.4 Å². The second-order valence-corrected chi connectivity index (χ2v) is 6.37. The second kappa shape index (κ2) is 7.11. The van der Waals surface area contributed by atoms with E-state index >= 15 is 0 Å². The lowest BCUT2D eigenvalue weighted by atomic mass is 10.1. The molecular weight excluding hydrogens is 351 g/mol. The van der Waals surface area contributed by atoms with Crippen molar-refractivity contribution in [2.24, 2.45) is 5.73 Å². The Morgan fingerprint density at radius 3 is 2.57 bits per heavy atom. The molecule has 2 aromatic carbocycles. The molecule has 2 aromatic rings. The van der Waals surface area contributed by atoms with Crippen LogP contribution in [-0.4, -0.2) is 16.9 Å². The minimum Gasteiger partial charge on any atom is -0.389 e. The Bertz CT molecular complexity index is 660. The van der Waals surface area contributed by atoms with Crippen LogP contribution in [0.25, 0.3) is 0 Å². The van der Waals surface area contributed by atoms with Crippen LogP contribution in [0.5, 0.6) is 0 Å². The molecule has 0 atom stereocenters. The average Bonchev–Trinajstić information content (AvgIpc) is 2.37. The first-order chi connectivity index (χ1) is 9.94. The van der Waals surface area contributed by atoms with Crippen LogP contribution >= 0.6 is 28.1 Å². The zero-order chi connectivity index (χ0) is 15.4. The minimum absolute atomic E-state index is 0.213. The quantitative estimate of drug-likeness (QED) is 0.814. The summed E-state index contributed by atoms with van der Waals surface area (Å²) < 4.78 is 14.6. The van der Waals surface area contributed by atoms with E-state index in [4.69, 9.17) is 18.0 Å². The van der Waals surface area contributed by atoms with E-state index in [1.165, 1.54) is 17.7 Å². The van der Waals surface area contributed by atoms with Crippen LogP contribution < -0.4 is 5.73 Å². The van der Waals surface area contributed by atoms with Gasteiger partial charge in [-0.1, -0.05) is 40.3 Å². The average molecular weight is 367 g/mol. The fourth-order valence-corrected chi connectivity index (χ4v) is 2.76. The number of thiocarbonyl (C=S) groups is 1. The largest absolute Gasteiger partial charge is 0.389 e. The van der Waals surface area contributed by atoms with Crippen molar-refractivity contribution in [3.63, 3.8) is 0 Å². The van der Waals surface area contributed by atoms with E-state index in [9.17, 15) is 4.39 Å². The molecule has 0 unspecified atom stereocenters. The Morgan fingerprint density at radius 2 is 1.90 bits per heavy atom. The number of nitrogens with zero attached hydrogens (tertiary/aromatic N) is 1. The van der Waals surface area contributed by atoms with Gasteiger partial charge in [-0.25, -0.2) is 4.39 Å². The molecule has 0 aliphatic rings. The monoisotopic (exact) mass is 366 g/mol. The van der Waals surface area contributed by atoms with E-state index < -0.39 is 0 Å². The molecule has 0 aromatic heterocycles. The fraction of sp³-hybridized carbons (Fsp3) is 0.188. The van der Waals surface area contributed by atoms with Crippen LogP contribution in [0.15, 0.2) is 46.9 Å². The zero-order valence-corrected chi connectivity index (χ0v) is 14.0. The van der Waals surface area contributed by atoms with E-state index in [0.29, 0.717) is 12.1 Å². The molecule has 0 amide bonds. The summed E-state index contributed by atoms with van der Waals surface area (Å²) >= 11 is 8.36. The van der Waals surface area contributed by atoms with Gasteiger partial charge in [-0.15, -0.1) is 0 Å². The molecule has 0 fully saturated rings. The Kier molecular flexibility index (Phi) is 5.45. The van der Waals surface area contributed by atoms with Crippen LogP contribution in [0.2, 0.25) is 0 Å². The topological polar surface area (TPSA) is 29.3 Å². The number of hydrogen-bond donors (Lipinski definition) is 1. The minimum atomic E-state index is -0.314. The first-order valence-corrected chi connectivity index (χ1v) is 7.66. The molecule has 0 bridgehead atoms. The third kappa shape index (κ3) is 4.88. The van der Waals surface area contributed by atoms with Crippen molar-refractivity contribution in [2.45, 2.75) is 13.1 Å². The Hall–Kier alpha value is -1.30. The summed E-state index contributed by atoms with van der Waals surface area (Å²) in [5, 5.41) is 0. The molecule has 0 saturated carbocycles. The van der Waals surface area contributed by atoms with Crippen molar-refractivity contribution in [1.29, 1.82) is 0 Å². The molecule has 0 heterocycles. The summed E-state index contributed by atoms with van der Waals surface area (Å²) in [4.78, 5) is 2.32. The van der Waals surface area contributed by atoms with Crippen LogP contribution in [0.3, 0.4) is 0 Å². The first kappa shape index (κ1) is 16.1. The molecular formula is C16H16BrFN2S. The van der Waals surface area contributed by atoms with Gasteiger partial charge in [-0.2, -0.15) is 0 Å². The van der Waals surface area contributed by atoms with Gasteiger partial charge in [-0.3, -0.25) is 4.90 Å². The molecule has 2 nitrogen and oxygen atoms in total. The maximum Gasteiger partial charge on any atom is 0.124 e. The lowest BCUT2D eigenvalue weighted by molar-refractivity contribution is 0.318. The summed E-state index contributed by atoms with van der Waals surface area (Å²) in [6, 6.07) is 12.8. The van der Waals surface area contributed by atoms with Gasteiger partial charge in [0.15, 0.2) is 0 Å². The van der Waals surface area contributed by atoms with Crippen molar-refractivity contribution < 1.29 is 4.39 Å². The Labute approximate surface area is 137 Å². The number of benzene rings is 2.